The van der Waals surface area contributed by atoms with E-state index in [1.807, 2.05) is 0 Å². The minimum atomic E-state index is -0.983. The number of rotatable bonds is 2. The zero-order valence-corrected chi connectivity index (χ0v) is 10.1. The van der Waals surface area contributed by atoms with Gasteiger partial charge in [0.15, 0.2) is 0 Å². The fourth-order valence-electron chi connectivity index (χ4n) is 1.94. The zero-order valence-electron chi connectivity index (χ0n) is 10.1. The molecule has 0 fully saturated rings. The first kappa shape index (κ1) is 11.7. The number of aromatic hydroxyl groups is 1. The molecule has 0 saturated heterocycles. The maximum absolute atomic E-state index is 12.0. The smallest absolute Gasteiger partial charge is 0.328 e. The molecule has 5 nitrogen and oxygen atoms in total. The fraction of sp³-hybridized carbons (Fsp3) is 0.417. The van der Waals surface area contributed by atoms with E-state index in [0.717, 1.165) is 5.52 Å². The Kier molecular flexibility index (Phi) is 2.50. The van der Waals surface area contributed by atoms with Crippen LogP contribution in [-0.4, -0.2) is 24.9 Å². The number of nitrogens with zero attached hydrogens (tertiary/aromatic N) is 2. The molecule has 5 heteroatoms. The number of aromatic nitrogens is 2. The Bertz CT molecular complexity index is 617. The van der Waals surface area contributed by atoms with E-state index in [0.29, 0.717) is 5.52 Å². The largest absolute Gasteiger partial charge is 0.508 e. The molecular weight excluding hydrogens is 220 g/mol. The second kappa shape index (κ2) is 3.63. The summed E-state index contributed by atoms with van der Waals surface area (Å²) in [4.78, 5) is 12.0. The van der Waals surface area contributed by atoms with Crippen molar-refractivity contribution in [1.29, 1.82) is 0 Å². The molecular formula is C12H16N2O3. The molecule has 0 aliphatic carbocycles. The predicted molar refractivity (Wildman–Crippen MR) is 65.1 cm³/mol. The minimum Gasteiger partial charge on any atom is -0.508 e. The molecule has 1 aromatic carbocycles. The zero-order chi connectivity index (χ0) is 12.8. The number of phenolic OH excluding ortho intramolecular Hbond substituents is 1. The second-order valence-corrected chi connectivity index (χ2v) is 4.91. The third kappa shape index (κ3) is 2.06. The van der Waals surface area contributed by atoms with Gasteiger partial charge in [-0.2, -0.15) is 0 Å². The van der Waals surface area contributed by atoms with Crippen LogP contribution in [0.15, 0.2) is 23.0 Å². The van der Waals surface area contributed by atoms with E-state index in [9.17, 15) is 15.0 Å². The van der Waals surface area contributed by atoms with Gasteiger partial charge in [-0.05, 0) is 26.0 Å². The molecule has 0 aliphatic heterocycles. The first-order valence-corrected chi connectivity index (χ1v) is 5.40. The van der Waals surface area contributed by atoms with E-state index in [2.05, 4.69) is 0 Å². The lowest BCUT2D eigenvalue weighted by Crippen LogP contribution is -2.33. The fourth-order valence-corrected chi connectivity index (χ4v) is 1.94. The average Bonchev–Trinajstić information content (AvgIpc) is 2.42. The Balaban J connectivity index is 2.73. The van der Waals surface area contributed by atoms with E-state index in [-0.39, 0.29) is 18.0 Å². The van der Waals surface area contributed by atoms with Gasteiger partial charge in [0.05, 0.1) is 23.2 Å². The number of benzene rings is 1. The Morgan fingerprint density at radius 3 is 2.53 bits per heavy atom. The molecule has 0 bridgehead atoms. The van der Waals surface area contributed by atoms with Crippen LogP contribution in [0.4, 0.5) is 0 Å². The van der Waals surface area contributed by atoms with Crippen molar-refractivity contribution < 1.29 is 10.2 Å². The summed E-state index contributed by atoms with van der Waals surface area (Å²) in [5.41, 5.74) is 0.174. The lowest BCUT2D eigenvalue weighted by atomic mass is 10.1. The van der Waals surface area contributed by atoms with E-state index in [1.165, 1.54) is 21.3 Å². The maximum Gasteiger partial charge on any atom is 0.328 e. The Morgan fingerprint density at radius 1 is 1.29 bits per heavy atom. The number of hydrogen-bond donors (Lipinski definition) is 2. The first-order valence-electron chi connectivity index (χ1n) is 5.40. The number of aliphatic hydroxyl groups is 1. The van der Waals surface area contributed by atoms with Crippen molar-refractivity contribution in [1.82, 2.24) is 9.13 Å². The highest BCUT2D eigenvalue weighted by Gasteiger charge is 2.19. The van der Waals surface area contributed by atoms with Crippen molar-refractivity contribution >= 4 is 11.0 Å². The van der Waals surface area contributed by atoms with E-state index >= 15 is 0 Å². The van der Waals surface area contributed by atoms with Crippen LogP contribution in [-0.2, 0) is 13.6 Å². The normalized spacial score (nSPS) is 12.2. The number of imidazole rings is 1. The highest BCUT2D eigenvalue weighted by atomic mass is 16.3. The molecule has 2 N–H and O–H groups in total. The molecule has 0 atom stereocenters. The second-order valence-electron chi connectivity index (χ2n) is 4.91. The Morgan fingerprint density at radius 2 is 1.94 bits per heavy atom. The summed E-state index contributed by atoms with van der Waals surface area (Å²) in [6, 6.07) is 4.76. The average molecular weight is 236 g/mol. The van der Waals surface area contributed by atoms with E-state index in [4.69, 9.17) is 0 Å². The van der Waals surface area contributed by atoms with Gasteiger partial charge >= 0.3 is 5.69 Å². The van der Waals surface area contributed by atoms with Gasteiger partial charge in [-0.15, -0.1) is 0 Å². The van der Waals surface area contributed by atoms with Crippen LogP contribution in [0.25, 0.3) is 11.0 Å². The SMILES string of the molecule is Cn1c(=O)n(CC(C)(C)O)c2cc(O)ccc21. The van der Waals surface area contributed by atoms with Crippen LogP contribution < -0.4 is 5.69 Å². The third-order valence-corrected chi connectivity index (χ3v) is 2.67. The molecule has 2 aromatic rings. The van der Waals surface area contributed by atoms with Gasteiger partial charge in [0.2, 0.25) is 0 Å². The lowest BCUT2D eigenvalue weighted by molar-refractivity contribution is 0.0615. The molecule has 92 valence electrons. The summed E-state index contributed by atoms with van der Waals surface area (Å²) in [5, 5.41) is 19.3. The summed E-state index contributed by atoms with van der Waals surface area (Å²) in [6.07, 6.45) is 0. The molecule has 1 heterocycles. The van der Waals surface area contributed by atoms with Crippen molar-refractivity contribution in [3.8, 4) is 5.75 Å². The molecule has 0 radical (unpaired) electrons. The van der Waals surface area contributed by atoms with Gasteiger partial charge in [0.25, 0.3) is 0 Å². The molecule has 0 aliphatic rings. The van der Waals surface area contributed by atoms with Gasteiger partial charge in [-0.3, -0.25) is 9.13 Å². The maximum atomic E-state index is 12.0. The molecule has 2 rings (SSSR count). The van der Waals surface area contributed by atoms with Gasteiger partial charge < -0.3 is 10.2 Å². The van der Waals surface area contributed by atoms with Gasteiger partial charge in [0, 0.05) is 13.1 Å². The summed E-state index contributed by atoms with van der Waals surface area (Å²) in [5.74, 6) is 0.104. The Labute approximate surface area is 98.5 Å². The molecule has 1 aromatic heterocycles. The molecule has 0 amide bonds. The monoisotopic (exact) mass is 236 g/mol. The highest BCUT2D eigenvalue weighted by Crippen LogP contribution is 2.20. The minimum absolute atomic E-state index is 0.104. The van der Waals surface area contributed by atoms with E-state index < -0.39 is 5.60 Å². The number of phenols is 1. The van der Waals surface area contributed by atoms with Crippen molar-refractivity contribution in [2.45, 2.75) is 26.0 Å². The molecule has 0 spiro atoms. The summed E-state index contributed by atoms with van der Waals surface area (Å²) >= 11 is 0. The lowest BCUT2D eigenvalue weighted by Gasteiger charge is -2.17. The van der Waals surface area contributed by atoms with Crippen LogP contribution in [0.5, 0.6) is 5.75 Å². The Hall–Kier alpha value is -1.75. The topological polar surface area (TPSA) is 67.4 Å². The van der Waals surface area contributed by atoms with Gasteiger partial charge in [-0.1, -0.05) is 0 Å². The first-order chi connectivity index (χ1) is 7.79. The number of fused-ring (bicyclic) bond motifs is 1. The van der Waals surface area contributed by atoms with Crippen LogP contribution in [0.3, 0.4) is 0 Å². The van der Waals surface area contributed by atoms with Crippen molar-refractivity contribution in [2.75, 3.05) is 0 Å². The van der Waals surface area contributed by atoms with Crippen LogP contribution in [0, 0.1) is 0 Å². The summed E-state index contributed by atoms with van der Waals surface area (Å²) < 4.78 is 2.97. The van der Waals surface area contributed by atoms with Crippen LogP contribution in [0.1, 0.15) is 13.8 Å². The quantitative estimate of drug-likeness (QED) is 0.811. The standard InChI is InChI=1S/C12H16N2O3/c1-12(2,17)7-14-10-6-8(15)4-5-9(10)13(3)11(14)16/h4-6,15,17H,7H2,1-3H3. The summed E-state index contributed by atoms with van der Waals surface area (Å²) in [6.45, 7) is 3.47. The third-order valence-electron chi connectivity index (χ3n) is 2.67. The molecule has 0 unspecified atom stereocenters. The van der Waals surface area contributed by atoms with E-state index in [1.54, 1.807) is 27.0 Å². The number of hydrogen-bond acceptors (Lipinski definition) is 3. The van der Waals surface area contributed by atoms with Gasteiger partial charge in [-0.25, -0.2) is 4.79 Å². The van der Waals surface area contributed by atoms with Crippen LogP contribution >= 0.6 is 0 Å². The van der Waals surface area contributed by atoms with Crippen molar-refractivity contribution in [2.24, 2.45) is 7.05 Å². The molecule has 0 saturated carbocycles. The van der Waals surface area contributed by atoms with Crippen molar-refractivity contribution in [3.63, 3.8) is 0 Å². The van der Waals surface area contributed by atoms with Gasteiger partial charge in [0.1, 0.15) is 5.75 Å². The molecule has 17 heavy (non-hydrogen) atoms. The predicted octanol–water partition coefficient (Wildman–Crippen LogP) is 0.816. The summed E-state index contributed by atoms with van der Waals surface area (Å²) in [7, 11) is 1.67. The number of aryl methyl sites for hydroxylation is 1. The van der Waals surface area contributed by atoms with Crippen molar-refractivity contribution in [3.05, 3.63) is 28.7 Å². The van der Waals surface area contributed by atoms with Crippen LogP contribution in [0.2, 0.25) is 0 Å². The highest BCUT2D eigenvalue weighted by molar-refractivity contribution is 5.77.